The van der Waals surface area contributed by atoms with Gasteiger partial charge < -0.3 is 15.6 Å². The van der Waals surface area contributed by atoms with E-state index in [4.69, 9.17) is 10.5 Å². The normalized spacial score (nSPS) is 11.6. The van der Waals surface area contributed by atoms with Crippen molar-refractivity contribution in [3.63, 3.8) is 0 Å². The van der Waals surface area contributed by atoms with E-state index < -0.39 is 23.5 Å². The molecule has 8 nitrogen and oxygen atoms in total. The van der Waals surface area contributed by atoms with Crippen LogP contribution >= 0.6 is 0 Å². The number of pyridine rings is 1. The van der Waals surface area contributed by atoms with E-state index in [1.165, 1.54) is 42.2 Å². The largest absolute Gasteiger partial charge is 0.496 e. The number of carboxylic acids is 1. The van der Waals surface area contributed by atoms with Gasteiger partial charge in [-0.15, -0.1) is 0 Å². The zero-order chi connectivity index (χ0) is 22.3. The van der Waals surface area contributed by atoms with Gasteiger partial charge in [-0.3, -0.25) is 0 Å². The first-order valence-electron chi connectivity index (χ1n) is 8.78. The number of hydrogen-bond acceptors (Lipinski definition) is 6. The number of aromatic nitrogens is 4. The maximum atomic E-state index is 13.2. The van der Waals surface area contributed by atoms with E-state index in [2.05, 4.69) is 15.1 Å². The Morgan fingerprint density at radius 2 is 1.87 bits per heavy atom. The predicted octanol–water partition coefficient (Wildman–Crippen LogP) is 3.77. The summed E-state index contributed by atoms with van der Waals surface area (Å²) in [4.78, 5) is 19.2. The second-order valence-corrected chi connectivity index (χ2v) is 6.51. The number of halogens is 3. The number of nitrogen functional groups attached to an aromatic ring is 1. The number of anilines is 1. The highest BCUT2D eigenvalue weighted by atomic mass is 19.4. The SMILES string of the molecule is COc1cc(-c2cnc3ccc(-c4cnc(N)c(C(F)(F)F)c4)nn23)ccc1C(=O)O. The average Bonchev–Trinajstić information content (AvgIpc) is 3.16. The van der Waals surface area contributed by atoms with Gasteiger partial charge in [0, 0.05) is 17.3 Å². The summed E-state index contributed by atoms with van der Waals surface area (Å²) in [6.45, 7) is 0. The van der Waals surface area contributed by atoms with Crippen molar-refractivity contribution >= 4 is 17.4 Å². The fourth-order valence-electron chi connectivity index (χ4n) is 3.09. The molecule has 0 spiro atoms. The molecule has 0 radical (unpaired) electrons. The van der Waals surface area contributed by atoms with Crippen molar-refractivity contribution in [3.8, 4) is 28.3 Å². The predicted molar refractivity (Wildman–Crippen MR) is 105 cm³/mol. The van der Waals surface area contributed by atoms with Crippen molar-refractivity contribution in [2.45, 2.75) is 6.18 Å². The molecule has 31 heavy (non-hydrogen) atoms. The van der Waals surface area contributed by atoms with Crippen LogP contribution in [0.4, 0.5) is 19.0 Å². The van der Waals surface area contributed by atoms with Gasteiger partial charge in [0.1, 0.15) is 17.1 Å². The minimum atomic E-state index is -4.65. The summed E-state index contributed by atoms with van der Waals surface area (Å²) in [6, 6.07) is 8.48. The van der Waals surface area contributed by atoms with Crippen molar-refractivity contribution in [2.75, 3.05) is 12.8 Å². The quantitative estimate of drug-likeness (QED) is 0.507. The summed E-state index contributed by atoms with van der Waals surface area (Å²) in [5, 5.41) is 13.6. The number of carbonyl (C=O) groups is 1. The van der Waals surface area contributed by atoms with Gasteiger partial charge in [-0.05, 0) is 30.3 Å². The van der Waals surface area contributed by atoms with Crippen LogP contribution in [0.2, 0.25) is 0 Å². The molecule has 0 bridgehead atoms. The van der Waals surface area contributed by atoms with Gasteiger partial charge in [0.2, 0.25) is 0 Å². The summed E-state index contributed by atoms with van der Waals surface area (Å²) in [5.74, 6) is -1.61. The smallest absolute Gasteiger partial charge is 0.419 e. The molecular weight excluding hydrogens is 415 g/mol. The third-order valence-electron chi connectivity index (χ3n) is 4.61. The number of aromatic carboxylic acids is 1. The van der Waals surface area contributed by atoms with Crippen LogP contribution in [-0.4, -0.2) is 37.8 Å². The number of methoxy groups -OCH3 is 1. The van der Waals surface area contributed by atoms with E-state index in [1.807, 2.05) is 0 Å². The zero-order valence-electron chi connectivity index (χ0n) is 15.9. The highest BCUT2D eigenvalue weighted by molar-refractivity contribution is 5.92. The monoisotopic (exact) mass is 429 g/mol. The van der Waals surface area contributed by atoms with Crippen LogP contribution in [0, 0.1) is 0 Å². The van der Waals surface area contributed by atoms with Crippen molar-refractivity contribution in [1.29, 1.82) is 0 Å². The Balaban J connectivity index is 1.84. The number of alkyl halides is 3. The molecule has 1 aromatic carbocycles. The van der Waals surface area contributed by atoms with Crippen molar-refractivity contribution in [2.24, 2.45) is 0 Å². The van der Waals surface area contributed by atoms with Crippen molar-refractivity contribution in [1.82, 2.24) is 19.6 Å². The lowest BCUT2D eigenvalue weighted by Crippen LogP contribution is -2.10. The van der Waals surface area contributed by atoms with Gasteiger partial charge in [0.05, 0.1) is 30.3 Å². The molecule has 4 aromatic rings. The number of ether oxygens (including phenoxy) is 1. The highest BCUT2D eigenvalue weighted by Gasteiger charge is 2.34. The number of rotatable bonds is 4. The van der Waals surface area contributed by atoms with Crippen LogP contribution < -0.4 is 10.5 Å². The van der Waals surface area contributed by atoms with E-state index in [0.717, 1.165) is 6.07 Å². The lowest BCUT2D eigenvalue weighted by atomic mass is 10.1. The molecule has 0 aliphatic rings. The molecule has 11 heteroatoms. The topological polar surface area (TPSA) is 116 Å². The lowest BCUT2D eigenvalue weighted by Gasteiger charge is -2.11. The molecule has 0 amide bonds. The van der Waals surface area contributed by atoms with Crippen LogP contribution in [-0.2, 0) is 6.18 Å². The maximum Gasteiger partial charge on any atom is 0.419 e. The van der Waals surface area contributed by atoms with Gasteiger partial charge >= 0.3 is 12.1 Å². The number of nitrogens with two attached hydrogens (primary N) is 1. The molecule has 3 aromatic heterocycles. The van der Waals surface area contributed by atoms with E-state index >= 15 is 0 Å². The van der Waals surface area contributed by atoms with Crippen molar-refractivity contribution < 1.29 is 27.8 Å². The molecule has 3 heterocycles. The Kier molecular flexibility index (Phi) is 4.72. The summed E-state index contributed by atoms with van der Waals surface area (Å²) in [6.07, 6.45) is -1.93. The van der Waals surface area contributed by atoms with Gasteiger partial charge in [-0.1, -0.05) is 6.07 Å². The molecule has 0 fully saturated rings. The summed E-state index contributed by atoms with van der Waals surface area (Å²) in [7, 11) is 1.35. The zero-order valence-corrected chi connectivity index (χ0v) is 15.9. The number of nitrogens with zero attached hydrogens (tertiary/aromatic N) is 4. The first-order valence-corrected chi connectivity index (χ1v) is 8.78. The molecular formula is C20H14F3N5O3. The molecule has 0 saturated heterocycles. The second-order valence-electron chi connectivity index (χ2n) is 6.51. The molecule has 4 rings (SSSR count). The fraction of sp³-hybridized carbons (Fsp3) is 0.100. The summed E-state index contributed by atoms with van der Waals surface area (Å²) >= 11 is 0. The van der Waals surface area contributed by atoms with Crippen molar-refractivity contribution in [3.05, 3.63) is 59.9 Å². The number of fused-ring (bicyclic) bond motifs is 1. The standard InChI is InChI=1S/C20H14F3N5O3/c1-31-16-7-10(2-3-12(16)19(29)30)15-9-25-17-5-4-14(27-28(15)17)11-6-13(20(21,22)23)18(24)26-8-11/h2-9H,1H3,(H2,24,26)(H,29,30). The Morgan fingerprint density at radius 1 is 1.10 bits per heavy atom. The minimum Gasteiger partial charge on any atom is -0.496 e. The Morgan fingerprint density at radius 3 is 2.55 bits per heavy atom. The van der Waals surface area contributed by atoms with E-state index in [0.29, 0.717) is 16.9 Å². The molecule has 158 valence electrons. The second kappa shape index (κ2) is 7.27. The van der Waals surface area contributed by atoms with Crippen LogP contribution in [0.15, 0.2) is 48.8 Å². The third kappa shape index (κ3) is 3.61. The minimum absolute atomic E-state index is 0.0126. The summed E-state index contributed by atoms with van der Waals surface area (Å²) in [5.41, 5.74) is 6.15. The van der Waals surface area contributed by atoms with Gasteiger partial charge in [-0.25, -0.2) is 19.3 Å². The molecule has 0 saturated carbocycles. The van der Waals surface area contributed by atoms with Crippen LogP contribution in [0.3, 0.4) is 0 Å². The molecule has 0 unspecified atom stereocenters. The fourth-order valence-corrected chi connectivity index (χ4v) is 3.09. The van der Waals surface area contributed by atoms with Gasteiger partial charge in [-0.2, -0.15) is 18.3 Å². The Hall–Kier alpha value is -4.15. The average molecular weight is 429 g/mol. The van der Waals surface area contributed by atoms with E-state index in [1.54, 1.807) is 12.1 Å². The first-order chi connectivity index (χ1) is 14.7. The third-order valence-corrected chi connectivity index (χ3v) is 4.61. The summed E-state index contributed by atoms with van der Waals surface area (Å²) < 4.78 is 46.1. The molecule has 0 aliphatic heterocycles. The van der Waals surface area contributed by atoms with Crippen LogP contribution in [0.1, 0.15) is 15.9 Å². The number of carboxylic acid groups (broad SMARTS) is 1. The Labute approximate surface area is 172 Å². The lowest BCUT2D eigenvalue weighted by molar-refractivity contribution is -0.137. The Bertz CT molecular complexity index is 1320. The van der Waals surface area contributed by atoms with Gasteiger partial charge in [0.15, 0.2) is 5.65 Å². The molecule has 3 N–H and O–H groups in total. The van der Waals surface area contributed by atoms with E-state index in [-0.39, 0.29) is 22.6 Å². The van der Waals surface area contributed by atoms with Gasteiger partial charge in [0.25, 0.3) is 0 Å². The number of benzene rings is 1. The maximum absolute atomic E-state index is 13.2. The first kappa shape index (κ1) is 20.1. The number of hydrogen-bond donors (Lipinski definition) is 2. The van der Waals surface area contributed by atoms with E-state index in [9.17, 15) is 23.1 Å². The molecule has 0 atom stereocenters. The van der Waals surface area contributed by atoms with Crippen LogP contribution in [0.5, 0.6) is 5.75 Å². The number of imidazole rings is 1. The van der Waals surface area contributed by atoms with Crippen LogP contribution in [0.25, 0.3) is 28.2 Å². The molecule has 0 aliphatic carbocycles. The highest BCUT2D eigenvalue weighted by Crippen LogP contribution is 2.35.